The van der Waals surface area contributed by atoms with Crippen LogP contribution in [0.1, 0.15) is 11.6 Å². The molecule has 0 aliphatic carbocycles. The molecule has 0 saturated carbocycles. The lowest BCUT2D eigenvalue weighted by atomic mass is 9.92. The predicted octanol–water partition coefficient (Wildman–Crippen LogP) is 3.47. The molecule has 0 radical (unpaired) electrons. The number of thiophene rings is 1. The molecule has 0 spiro atoms. The molecule has 2 aromatic rings. The Bertz CT molecular complexity index is 889. The molecular weight excluding hydrogens is 400 g/mol. The number of hydrogen-bond acceptors (Lipinski definition) is 6. The summed E-state index contributed by atoms with van der Waals surface area (Å²) in [7, 11) is 0. The lowest BCUT2D eigenvalue weighted by Gasteiger charge is -2.36. The fourth-order valence-electron chi connectivity index (χ4n) is 3.94. The minimum absolute atomic E-state index is 0.0880. The van der Waals surface area contributed by atoms with Crippen molar-refractivity contribution in [3.05, 3.63) is 46.3 Å². The molecule has 27 heavy (non-hydrogen) atoms. The monoisotopic (exact) mass is 418 g/mol. The Balaban J connectivity index is 1.25. The first kappa shape index (κ1) is 17.4. The third-order valence-electron chi connectivity index (χ3n) is 5.44. The van der Waals surface area contributed by atoms with Crippen molar-refractivity contribution in [3.63, 3.8) is 0 Å². The maximum absolute atomic E-state index is 13.1. The number of piperazine rings is 1. The van der Waals surface area contributed by atoms with E-state index in [1.165, 1.54) is 9.77 Å². The van der Waals surface area contributed by atoms with Gasteiger partial charge in [0.2, 0.25) is 0 Å². The van der Waals surface area contributed by atoms with Gasteiger partial charge in [-0.1, -0.05) is 11.6 Å². The normalized spacial score (nSPS) is 24.1. The molecule has 3 aliphatic rings. The SMILES string of the molecule is O=C(C1=NNC2c3ccsc3SCC12)N1CCN(c2ccc(Cl)cc2)CC1. The van der Waals surface area contributed by atoms with Crippen LogP contribution >= 0.6 is 34.7 Å². The van der Waals surface area contributed by atoms with E-state index in [1.54, 1.807) is 11.3 Å². The van der Waals surface area contributed by atoms with Gasteiger partial charge in [-0.05, 0) is 35.7 Å². The van der Waals surface area contributed by atoms with Gasteiger partial charge in [0, 0.05) is 54.1 Å². The van der Waals surface area contributed by atoms with Gasteiger partial charge in [0.05, 0.1) is 10.3 Å². The number of carbonyl (C=O) groups is 1. The molecule has 1 amide bonds. The van der Waals surface area contributed by atoms with Crippen molar-refractivity contribution in [1.29, 1.82) is 0 Å². The van der Waals surface area contributed by atoms with Crippen LogP contribution < -0.4 is 10.3 Å². The van der Waals surface area contributed by atoms with Crippen LogP contribution in [0.4, 0.5) is 5.69 Å². The van der Waals surface area contributed by atoms with E-state index in [4.69, 9.17) is 11.6 Å². The Morgan fingerprint density at radius 3 is 2.70 bits per heavy atom. The molecule has 3 aliphatic heterocycles. The van der Waals surface area contributed by atoms with E-state index in [1.807, 2.05) is 40.9 Å². The number of hydrogen-bond donors (Lipinski definition) is 1. The smallest absolute Gasteiger partial charge is 0.270 e. The van der Waals surface area contributed by atoms with Crippen LogP contribution in [0.3, 0.4) is 0 Å². The van der Waals surface area contributed by atoms with Crippen LogP contribution in [0.25, 0.3) is 0 Å². The van der Waals surface area contributed by atoms with Crippen molar-refractivity contribution in [3.8, 4) is 0 Å². The van der Waals surface area contributed by atoms with E-state index in [0.717, 1.165) is 29.6 Å². The number of anilines is 1. The van der Waals surface area contributed by atoms with Crippen LogP contribution in [-0.4, -0.2) is 48.5 Å². The van der Waals surface area contributed by atoms with E-state index in [9.17, 15) is 4.79 Å². The first-order valence-corrected chi connectivity index (χ1v) is 11.3. The van der Waals surface area contributed by atoms with Gasteiger partial charge >= 0.3 is 0 Å². The summed E-state index contributed by atoms with van der Waals surface area (Å²) in [6.07, 6.45) is 0. The Morgan fingerprint density at radius 2 is 1.93 bits per heavy atom. The maximum atomic E-state index is 13.1. The van der Waals surface area contributed by atoms with Crippen molar-refractivity contribution >= 4 is 52.0 Å². The molecule has 1 fully saturated rings. The first-order chi connectivity index (χ1) is 13.2. The minimum Gasteiger partial charge on any atom is -0.368 e. The molecule has 8 heteroatoms. The molecule has 5 rings (SSSR count). The third-order valence-corrected chi connectivity index (χ3v) is 8.08. The lowest BCUT2D eigenvalue weighted by Crippen LogP contribution is -2.51. The number of halogens is 1. The molecule has 0 bridgehead atoms. The number of thioether (sulfide) groups is 1. The third kappa shape index (κ3) is 3.11. The van der Waals surface area contributed by atoms with E-state index in [2.05, 4.69) is 26.9 Å². The molecule has 1 N–H and O–H groups in total. The van der Waals surface area contributed by atoms with Crippen LogP contribution in [0, 0.1) is 5.92 Å². The molecule has 140 valence electrons. The Morgan fingerprint density at radius 1 is 1.15 bits per heavy atom. The highest BCUT2D eigenvalue weighted by Crippen LogP contribution is 2.45. The van der Waals surface area contributed by atoms with Crippen molar-refractivity contribution in [1.82, 2.24) is 10.3 Å². The van der Waals surface area contributed by atoms with Gasteiger partial charge in [0.25, 0.3) is 5.91 Å². The van der Waals surface area contributed by atoms with Gasteiger partial charge in [-0.15, -0.1) is 23.1 Å². The van der Waals surface area contributed by atoms with Gasteiger partial charge in [0.1, 0.15) is 5.71 Å². The highest BCUT2D eigenvalue weighted by atomic mass is 35.5. The summed E-state index contributed by atoms with van der Waals surface area (Å²) in [5, 5.41) is 7.33. The zero-order valence-corrected chi connectivity index (χ0v) is 17.0. The molecule has 1 saturated heterocycles. The Labute approximate surface area is 171 Å². The minimum atomic E-state index is 0.0880. The van der Waals surface area contributed by atoms with Crippen LogP contribution in [0.5, 0.6) is 0 Å². The number of carbonyl (C=O) groups excluding carboxylic acids is 1. The van der Waals surface area contributed by atoms with Crippen molar-refractivity contribution in [2.75, 3.05) is 36.8 Å². The Kier molecular flexibility index (Phi) is 4.53. The summed E-state index contributed by atoms with van der Waals surface area (Å²) in [4.78, 5) is 17.4. The fourth-order valence-corrected chi connectivity index (χ4v) is 6.42. The molecule has 2 atom stereocenters. The largest absolute Gasteiger partial charge is 0.368 e. The average molecular weight is 419 g/mol. The quantitative estimate of drug-likeness (QED) is 0.811. The standard InChI is InChI=1S/C19H19ClN4OS2/c20-12-1-3-13(4-2-12)23-6-8-24(9-7-23)18(25)17-15-11-27-19-14(5-10-26-19)16(15)21-22-17/h1-5,10,15-16,21H,6-9,11H2. The summed E-state index contributed by atoms with van der Waals surface area (Å²) >= 11 is 9.60. The number of nitrogens with one attached hydrogen (secondary N) is 1. The number of nitrogens with zero attached hydrogens (tertiary/aromatic N) is 3. The highest BCUT2D eigenvalue weighted by molar-refractivity contribution is 8.01. The van der Waals surface area contributed by atoms with Gasteiger partial charge in [0.15, 0.2) is 0 Å². The topological polar surface area (TPSA) is 47.9 Å². The summed E-state index contributed by atoms with van der Waals surface area (Å²) in [5.41, 5.74) is 6.37. The summed E-state index contributed by atoms with van der Waals surface area (Å²) in [5.74, 6) is 1.17. The van der Waals surface area contributed by atoms with Crippen molar-refractivity contribution < 1.29 is 4.79 Å². The van der Waals surface area contributed by atoms with Gasteiger partial charge in [-0.3, -0.25) is 4.79 Å². The molecule has 5 nitrogen and oxygen atoms in total. The van der Waals surface area contributed by atoms with Crippen LogP contribution in [0.15, 0.2) is 45.0 Å². The second-order valence-corrected chi connectivity index (χ2v) is 9.58. The lowest BCUT2D eigenvalue weighted by molar-refractivity contribution is -0.124. The highest BCUT2D eigenvalue weighted by Gasteiger charge is 2.42. The summed E-state index contributed by atoms with van der Waals surface area (Å²) in [6, 6.07) is 10.2. The first-order valence-electron chi connectivity index (χ1n) is 9.04. The molecule has 2 unspecified atom stereocenters. The number of rotatable bonds is 2. The number of benzene rings is 1. The van der Waals surface area contributed by atoms with Crippen molar-refractivity contribution in [2.45, 2.75) is 10.3 Å². The fraction of sp³-hybridized carbons (Fsp3) is 0.368. The van der Waals surface area contributed by atoms with E-state index in [0.29, 0.717) is 18.8 Å². The number of amides is 1. The second kappa shape index (κ2) is 7.04. The number of hydrazone groups is 1. The van der Waals surface area contributed by atoms with Crippen molar-refractivity contribution in [2.24, 2.45) is 11.0 Å². The molecule has 1 aromatic heterocycles. The summed E-state index contributed by atoms with van der Waals surface area (Å²) in [6.45, 7) is 3.08. The predicted molar refractivity (Wildman–Crippen MR) is 112 cm³/mol. The van der Waals surface area contributed by atoms with Crippen LogP contribution in [0.2, 0.25) is 5.02 Å². The van der Waals surface area contributed by atoms with Gasteiger partial charge in [-0.25, -0.2) is 0 Å². The second-order valence-electron chi connectivity index (χ2n) is 6.94. The van der Waals surface area contributed by atoms with Gasteiger partial charge < -0.3 is 15.2 Å². The van der Waals surface area contributed by atoms with E-state index >= 15 is 0 Å². The molecule has 1 aromatic carbocycles. The number of fused-ring (bicyclic) bond motifs is 3. The van der Waals surface area contributed by atoms with E-state index in [-0.39, 0.29) is 17.9 Å². The molecule has 4 heterocycles. The van der Waals surface area contributed by atoms with Crippen LogP contribution in [-0.2, 0) is 4.79 Å². The Hall–Kier alpha value is -1.70. The maximum Gasteiger partial charge on any atom is 0.270 e. The van der Waals surface area contributed by atoms with Gasteiger partial charge in [-0.2, -0.15) is 5.10 Å². The molecular formula is C19H19ClN4OS2. The zero-order chi connectivity index (χ0) is 18.4. The summed E-state index contributed by atoms with van der Waals surface area (Å²) < 4.78 is 1.35. The average Bonchev–Trinajstić information content (AvgIpc) is 3.34. The zero-order valence-electron chi connectivity index (χ0n) is 14.6. The van der Waals surface area contributed by atoms with E-state index < -0.39 is 0 Å².